The van der Waals surface area contributed by atoms with E-state index in [1.165, 1.54) is 0 Å². The van der Waals surface area contributed by atoms with E-state index in [1.54, 1.807) is 6.07 Å². The summed E-state index contributed by atoms with van der Waals surface area (Å²) in [4.78, 5) is 4.38. The summed E-state index contributed by atoms with van der Waals surface area (Å²) in [5, 5.41) is 0. The highest BCUT2D eigenvalue weighted by Crippen LogP contribution is 2.38. The zero-order valence-electron chi connectivity index (χ0n) is 12.1. The van der Waals surface area contributed by atoms with E-state index in [0.29, 0.717) is 6.42 Å². The van der Waals surface area contributed by atoms with Gasteiger partial charge in [-0.25, -0.2) is 4.39 Å². The summed E-state index contributed by atoms with van der Waals surface area (Å²) in [6.45, 7) is 1.93. The highest BCUT2D eigenvalue weighted by atomic mass is 19.4. The van der Waals surface area contributed by atoms with Gasteiger partial charge >= 0.3 is 6.18 Å². The first-order valence-electron chi connectivity index (χ1n) is 7.29. The lowest BCUT2D eigenvalue weighted by Crippen LogP contribution is -2.09. The molecule has 0 N–H and O–H groups in total. The fraction of sp³-hybridized carbons (Fsp3) is 0.353. The van der Waals surface area contributed by atoms with Gasteiger partial charge in [0.15, 0.2) is 0 Å². The minimum Gasteiger partial charge on any atom is -0.253 e. The third kappa shape index (κ3) is 2.60. The van der Waals surface area contributed by atoms with Crippen molar-refractivity contribution in [1.29, 1.82) is 0 Å². The van der Waals surface area contributed by atoms with Crippen LogP contribution in [0.15, 0.2) is 24.3 Å². The molecule has 1 aromatic carbocycles. The molecular formula is C17H15F4N. The summed E-state index contributed by atoms with van der Waals surface area (Å²) < 4.78 is 53.0. The summed E-state index contributed by atoms with van der Waals surface area (Å²) >= 11 is 0. The summed E-state index contributed by atoms with van der Waals surface area (Å²) in [6, 6.07) is 4.23. The number of nitrogens with zero attached hydrogens (tertiary/aromatic N) is 1. The van der Waals surface area contributed by atoms with Crippen molar-refractivity contribution in [2.75, 3.05) is 0 Å². The molecule has 0 spiro atoms. The molecule has 1 aliphatic rings. The van der Waals surface area contributed by atoms with E-state index >= 15 is 0 Å². The number of rotatable bonds is 2. The van der Waals surface area contributed by atoms with Crippen LogP contribution >= 0.6 is 0 Å². The molecule has 0 unspecified atom stereocenters. The maximum atomic E-state index is 13.5. The molecule has 0 saturated carbocycles. The summed E-state index contributed by atoms with van der Waals surface area (Å²) in [5.74, 6) is -0.691. The van der Waals surface area contributed by atoms with Crippen LogP contribution in [0.5, 0.6) is 0 Å². The van der Waals surface area contributed by atoms with Crippen LogP contribution in [0.2, 0.25) is 0 Å². The monoisotopic (exact) mass is 309 g/mol. The molecule has 116 valence electrons. The third-order valence-corrected chi connectivity index (χ3v) is 4.07. The van der Waals surface area contributed by atoms with Gasteiger partial charge < -0.3 is 0 Å². The van der Waals surface area contributed by atoms with Crippen LogP contribution in [0.3, 0.4) is 0 Å². The van der Waals surface area contributed by atoms with Crippen LogP contribution < -0.4 is 0 Å². The second-order valence-corrected chi connectivity index (χ2v) is 5.49. The largest absolute Gasteiger partial charge is 0.417 e. The first-order chi connectivity index (χ1) is 10.4. The van der Waals surface area contributed by atoms with E-state index in [9.17, 15) is 17.6 Å². The van der Waals surface area contributed by atoms with Crippen molar-refractivity contribution in [1.82, 2.24) is 4.98 Å². The molecule has 22 heavy (non-hydrogen) atoms. The van der Waals surface area contributed by atoms with E-state index in [-0.39, 0.29) is 11.3 Å². The second kappa shape index (κ2) is 5.38. The molecule has 0 bridgehead atoms. The van der Waals surface area contributed by atoms with E-state index in [0.717, 1.165) is 54.3 Å². The van der Waals surface area contributed by atoms with Crippen LogP contribution in [0.1, 0.15) is 35.7 Å². The quantitative estimate of drug-likeness (QED) is 0.715. The number of benzene rings is 1. The Kier molecular flexibility index (Phi) is 3.67. The Balaban J connectivity index is 2.22. The molecule has 1 aromatic heterocycles. The number of aryl methyl sites for hydroxylation is 2. The van der Waals surface area contributed by atoms with Crippen LogP contribution in [-0.2, 0) is 25.4 Å². The highest BCUT2D eigenvalue weighted by molar-refractivity contribution is 5.66. The van der Waals surface area contributed by atoms with Gasteiger partial charge in [0.2, 0.25) is 0 Å². The molecule has 0 saturated heterocycles. The SMILES string of the molecule is CCc1nc(-c2cc(F)ccc2C(F)(F)F)cc2c1CCC2. The smallest absolute Gasteiger partial charge is 0.253 e. The first kappa shape index (κ1) is 15.0. The Hall–Kier alpha value is -1.91. The van der Waals surface area contributed by atoms with Crippen molar-refractivity contribution < 1.29 is 17.6 Å². The van der Waals surface area contributed by atoms with Crippen molar-refractivity contribution in [3.63, 3.8) is 0 Å². The molecular weight excluding hydrogens is 294 g/mol. The Morgan fingerprint density at radius 1 is 1.14 bits per heavy atom. The van der Waals surface area contributed by atoms with Crippen molar-refractivity contribution in [2.24, 2.45) is 0 Å². The maximum Gasteiger partial charge on any atom is 0.417 e. The second-order valence-electron chi connectivity index (χ2n) is 5.49. The Morgan fingerprint density at radius 3 is 2.59 bits per heavy atom. The molecule has 2 aromatic rings. The van der Waals surface area contributed by atoms with E-state index in [1.807, 2.05) is 6.92 Å². The van der Waals surface area contributed by atoms with E-state index in [4.69, 9.17) is 0 Å². The standard InChI is InChI=1S/C17H15F4N/c1-2-15-12-5-3-4-10(12)8-16(22-15)13-9-11(18)6-7-14(13)17(19,20)21/h6-9H,2-5H2,1H3. The average Bonchev–Trinajstić information content (AvgIpc) is 2.93. The first-order valence-corrected chi connectivity index (χ1v) is 7.29. The normalized spacial score (nSPS) is 14.2. The minimum absolute atomic E-state index is 0.183. The van der Waals surface area contributed by atoms with Crippen molar-refractivity contribution in [3.05, 3.63) is 52.5 Å². The summed E-state index contributed by atoms with van der Waals surface area (Å²) in [5.41, 5.74) is 2.19. The van der Waals surface area contributed by atoms with Gasteiger partial charge in [0.05, 0.1) is 11.3 Å². The topological polar surface area (TPSA) is 12.9 Å². The Labute approximate surface area is 126 Å². The van der Waals surface area contributed by atoms with Gasteiger partial charge in [0, 0.05) is 11.3 Å². The van der Waals surface area contributed by atoms with Gasteiger partial charge in [0.25, 0.3) is 0 Å². The van der Waals surface area contributed by atoms with Crippen molar-refractivity contribution in [3.8, 4) is 11.3 Å². The molecule has 0 radical (unpaired) electrons. The van der Waals surface area contributed by atoms with Crippen LogP contribution in [0, 0.1) is 5.82 Å². The third-order valence-electron chi connectivity index (χ3n) is 4.07. The van der Waals surface area contributed by atoms with Crippen molar-refractivity contribution >= 4 is 0 Å². The lowest BCUT2D eigenvalue weighted by atomic mass is 9.99. The molecule has 0 amide bonds. The lowest BCUT2D eigenvalue weighted by molar-refractivity contribution is -0.137. The van der Waals surface area contributed by atoms with Crippen LogP contribution in [0.25, 0.3) is 11.3 Å². The number of halogens is 4. The predicted octanol–water partition coefficient (Wildman–Crippen LogP) is 4.96. The van der Waals surface area contributed by atoms with Crippen LogP contribution in [-0.4, -0.2) is 4.98 Å². The maximum absolute atomic E-state index is 13.5. The fourth-order valence-electron chi connectivity index (χ4n) is 3.07. The molecule has 3 rings (SSSR count). The number of pyridine rings is 1. The summed E-state index contributed by atoms with van der Waals surface area (Å²) in [7, 11) is 0. The molecule has 1 aliphatic carbocycles. The zero-order valence-corrected chi connectivity index (χ0v) is 12.1. The average molecular weight is 309 g/mol. The molecule has 0 atom stereocenters. The van der Waals surface area contributed by atoms with E-state index < -0.39 is 17.6 Å². The zero-order chi connectivity index (χ0) is 15.9. The molecule has 5 heteroatoms. The van der Waals surface area contributed by atoms with Gasteiger partial charge in [-0.15, -0.1) is 0 Å². The number of hydrogen-bond donors (Lipinski definition) is 0. The number of aromatic nitrogens is 1. The van der Waals surface area contributed by atoms with E-state index in [2.05, 4.69) is 4.98 Å². The number of hydrogen-bond acceptors (Lipinski definition) is 1. The molecule has 1 heterocycles. The fourth-order valence-corrected chi connectivity index (χ4v) is 3.07. The summed E-state index contributed by atoms with van der Waals surface area (Å²) in [6.07, 6.45) is -1.12. The highest BCUT2D eigenvalue weighted by Gasteiger charge is 2.34. The molecule has 1 nitrogen and oxygen atoms in total. The van der Waals surface area contributed by atoms with Gasteiger partial charge in [-0.05, 0) is 61.1 Å². The van der Waals surface area contributed by atoms with Gasteiger partial charge in [-0.1, -0.05) is 6.92 Å². The predicted molar refractivity (Wildman–Crippen MR) is 76.0 cm³/mol. The number of alkyl halides is 3. The Morgan fingerprint density at radius 2 is 1.91 bits per heavy atom. The van der Waals surface area contributed by atoms with Gasteiger partial charge in [0.1, 0.15) is 5.82 Å². The van der Waals surface area contributed by atoms with Gasteiger partial charge in [-0.2, -0.15) is 13.2 Å². The molecule has 0 aliphatic heterocycles. The van der Waals surface area contributed by atoms with Crippen LogP contribution in [0.4, 0.5) is 17.6 Å². The van der Waals surface area contributed by atoms with Gasteiger partial charge in [-0.3, -0.25) is 4.98 Å². The minimum atomic E-state index is -4.53. The molecule has 0 fully saturated rings. The lowest BCUT2D eigenvalue weighted by Gasteiger charge is -2.15. The number of fused-ring (bicyclic) bond motifs is 1. The van der Waals surface area contributed by atoms with Crippen molar-refractivity contribution in [2.45, 2.75) is 38.8 Å². The Bertz CT molecular complexity index is 719.